The molecule has 0 bridgehead atoms. The molecule has 1 atom stereocenters. The molecular formula is C22H23N5. The second-order valence-electron chi connectivity index (χ2n) is 7.17. The second-order valence-corrected chi connectivity index (χ2v) is 7.17. The topological polar surface area (TPSA) is 57.7 Å². The predicted octanol–water partition coefficient (Wildman–Crippen LogP) is 3.96. The van der Waals surface area contributed by atoms with Crippen molar-refractivity contribution in [1.29, 1.82) is 5.26 Å². The molecule has 0 N–H and O–H groups in total. The van der Waals surface area contributed by atoms with Gasteiger partial charge in [0.15, 0.2) is 0 Å². The van der Waals surface area contributed by atoms with Crippen LogP contribution in [-0.2, 0) is 6.54 Å². The minimum atomic E-state index is 0.419. The van der Waals surface area contributed by atoms with Crippen LogP contribution in [0.1, 0.15) is 35.7 Å². The first-order chi connectivity index (χ1) is 13.2. The smallest absolute Gasteiger partial charge is 0.140 e. The van der Waals surface area contributed by atoms with E-state index in [4.69, 9.17) is 5.26 Å². The van der Waals surface area contributed by atoms with Gasteiger partial charge in [0.1, 0.15) is 5.82 Å². The highest BCUT2D eigenvalue weighted by molar-refractivity contribution is 5.55. The zero-order valence-corrected chi connectivity index (χ0v) is 15.5. The summed E-state index contributed by atoms with van der Waals surface area (Å²) in [5, 5.41) is 8.96. The second kappa shape index (κ2) is 7.73. The largest absolute Gasteiger partial charge is 0.324 e. The Bertz CT molecular complexity index is 937. The number of piperidine rings is 1. The van der Waals surface area contributed by atoms with Gasteiger partial charge in [-0.05, 0) is 56.1 Å². The Hall–Kier alpha value is -2.97. The van der Waals surface area contributed by atoms with Crippen LogP contribution < -0.4 is 0 Å². The summed E-state index contributed by atoms with van der Waals surface area (Å²) in [5.41, 5.74) is 4.28. The lowest BCUT2D eigenvalue weighted by atomic mass is 10.0. The summed E-state index contributed by atoms with van der Waals surface area (Å²) in [4.78, 5) is 11.3. The van der Waals surface area contributed by atoms with Gasteiger partial charge in [0.25, 0.3) is 0 Å². The molecule has 1 unspecified atom stereocenters. The van der Waals surface area contributed by atoms with E-state index in [0.29, 0.717) is 11.6 Å². The Morgan fingerprint density at radius 3 is 2.67 bits per heavy atom. The zero-order valence-electron chi connectivity index (χ0n) is 15.5. The molecule has 1 fully saturated rings. The van der Waals surface area contributed by atoms with E-state index in [-0.39, 0.29) is 0 Å². The van der Waals surface area contributed by atoms with E-state index in [2.05, 4.69) is 44.6 Å². The highest BCUT2D eigenvalue weighted by Gasteiger charge is 2.24. The zero-order chi connectivity index (χ0) is 18.6. The molecule has 2 aromatic heterocycles. The standard InChI is InChI=1S/C22H23N5/c1-17-14-25-22(20-8-10-24-11-9-20)27(17)21-3-2-12-26(16-21)15-19-6-4-18(13-23)5-7-19/h4-11,14,21H,2-3,12,15-16H2,1H3. The maximum Gasteiger partial charge on any atom is 0.140 e. The number of imidazole rings is 1. The Balaban J connectivity index is 1.53. The third-order valence-electron chi connectivity index (χ3n) is 5.26. The number of hydrogen-bond donors (Lipinski definition) is 0. The van der Waals surface area contributed by atoms with Crippen molar-refractivity contribution in [3.63, 3.8) is 0 Å². The molecule has 1 aromatic carbocycles. The van der Waals surface area contributed by atoms with Gasteiger partial charge in [-0.2, -0.15) is 5.26 Å². The average molecular weight is 357 g/mol. The summed E-state index contributed by atoms with van der Waals surface area (Å²) in [6, 6.07) is 14.6. The number of likely N-dealkylation sites (tertiary alicyclic amines) is 1. The number of aryl methyl sites for hydroxylation is 1. The molecule has 4 rings (SSSR count). The van der Waals surface area contributed by atoms with Gasteiger partial charge in [-0.15, -0.1) is 0 Å². The van der Waals surface area contributed by atoms with Crippen LogP contribution in [0.15, 0.2) is 55.0 Å². The molecule has 5 nitrogen and oxygen atoms in total. The van der Waals surface area contributed by atoms with Crippen LogP contribution in [0.5, 0.6) is 0 Å². The molecular weight excluding hydrogens is 334 g/mol. The van der Waals surface area contributed by atoms with E-state index >= 15 is 0 Å². The van der Waals surface area contributed by atoms with E-state index in [1.807, 2.05) is 42.9 Å². The molecule has 1 aliphatic heterocycles. The molecule has 0 saturated carbocycles. The van der Waals surface area contributed by atoms with Crippen molar-refractivity contribution in [2.45, 2.75) is 32.4 Å². The number of aromatic nitrogens is 3. The van der Waals surface area contributed by atoms with E-state index in [1.54, 1.807) is 0 Å². The highest BCUT2D eigenvalue weighted by Crippen LogP contribution is 2.29. The van der Waals surface area contributed by atoms with Crippen LogP contribution in [0.4, 0.5) is 0 Å². The van der Waals surface area contributed by atoms with Crippen molar-refractivity contribution in [2.75, 3.05) is 13.1 Å². The van der Waals surface area contributed by atoms with Crippen LogP contribution in [0.2, 0.25) is 0 Å². The van der Waals surface area contributed by atoms with Gasteiger partial charge >= 0.3 is 0 Å². The summed E-state index contributed by atoms with van der Waals surface area (Å²) in [6.45, 7) is 5.17. The molecule has 3 aromatic rings. The van der Waals surface area contributed by atoms with Gasteiger partial charge in [0.2, 0.25) is 0 Å². The Labute approximate surface area is 159 Å². The van der Waals surface area contributed by atoms with Gasteiger partial charge in [0.05, 0.1) is 11.6 Å². The number of nitriles is 1. The van der Waals surface area contributed by atoms with Crippen molar-refractivity contribution in [1.82, 2.24) is 19.4 Å². The molecule has 5 heteroatoms. The van der Waals surface area contributed by atoms with Gasteiger partial charge < -0.3 is 4.57 Å². The maximum atomic E-state index is 8.96. The summed E-state index contributed by atoms with van der Waals surface area (Å²) in [6.07, 6.45) is 7.95. The normalized spacial score (nSPS) is 17.6. The van der Waals surface area contributed by atoms with Crippen molar-refractivity contribution < 1.29 is 0 Å². The quantitative estimate of drug-likeness (QED) is 0.709. The fraction of sp³-hybridized carbons (Fsp3) is 0.318. The third kappa shape index (κ3) is 3.76. The van der Waals surface area contributed by atoms with Gasteiger partial charge in [-0.1, -0.05) is 12.1 Å². The molecule has 0 spiro atoms. The summed E-state index contributed by atoms with van der Waals surface area (Å²) >= 11 is 0. The fourth-order valence-electron chi connectivity index (χ4n) is 3.95. The fourth-order valence-corrected chi connectivity index (χ4v) is 3.95. The molecule has 3 heterocycles. The van der Waals surface area contributed by atoms with Gasteiger partial charge in [0, 0.05) is 49.0 Å². The predicted molar refractivity (Wildman–Crippen MR) is 105 cm³/mol. The third-order valence-corrected chi connectivity index (χ3v) is 5.26. The summed E-state index contributed by atoms with van der Waals surface area (Å²) in [7, 11) is 0. The van der Waals surface area contributed by atoms with Crippen molar-refractivity contribution in [2.24, 2.45) is 0 Å². The van der Waals surface area contributed by atoms with Crippen LogP contribution in [0.3, 0.4) is 0 Å². The first-order valence-electron chi connectivity index (χ1n) is 9.40. The van der Waals surface area contributed by atoms with Crippen LogP contribution in [0, 0.1) is 18.3 Å². The molecule has 0 aliphatic carbocycles. The summed E-state index contributed by atoms with van der Waals surface area (Å²) in [5.74, 6) is 1.03. The SMILES string of the molecule is Cc1cnc(-c2ccncc2)n1C1CCCN(Cc2ccc(C#N)cc2)C1. The minimum Gasteiger partial charge on any atom is -0.324 e. The monoisotopic (exact) mass is 357 g/mol. The molecule has 27 heavy (non-hydrogen) atoms. The van der Waals surface area contributed by atoms with E-state index in [0.717, 1.165) is 31.0 Å². The number of hydrogen-bond acceptors (Lipinski definition) is 4. The van der Waals surface area contributed by atoms with Crippen molar-refractivity contribution in [3.8, 4) is 17.5 Å². The average Bonchev–Trinajstić information content (AvgIpc) is 3.11. The Kier molecular flexibility index (Phi) is 4.99. The number of nitrogens with zero attached hydrogens (tertiary/aromatic N) is 5. The number of rotatable bonds is 4. The molecule has 0 radical (unpaired) electrons. The van der Waals surface area contributed by atoms with Crippen molar-refractivity contribution in [3.05, 3.63) is 71.8 Å². The minimum absolute atomic E-state index is 0.419. The highest BCUT2D eigenvalue weighted by atomic mass is 15.2. The molecule has 1 aliphatic rings. The Morgan fingerprint density at radius 2 is 1.93 bits per heavy atom. The van der Waals surface area contributed by atoms with E-state index in [9.17, 15) is 0 Å². The first kappa shape index (κ1) is 17.4. The molecule has 1 saturated heterocycles. The van der Waals surface area contributed by atoms with Crippen LogP contribution >= 0.6 is 0 Å². The lowest BCUT2D eigenvalue weighted by Crippen LogP contribution is -2.36. The van der Waals surface area contributed by atoms with E-state index < -0.39 is 0 Å². The molecule has 0 amide bonds. The van der Waals surface area contributed by atoms with Crippen LogP contribution in [-0.4, -0.2) is 32.5 Å². The van der Waals surface area contributed by atoms with E-state index in [1.165, 1.54) is 24.1 Å². The van der Waals surface area contributed by atoms with Crippen molar-refractivity contribution >= 4 is 0 Å². The van der Waals surface area contributed by atoms with Gasteiger partial charge in [-0.3, -0.25) is 9.88 Å². The first-order valence-corrected chi connectivity index (χ1v) is 9.40. The lowest BCUT2D eigenvalue weighted by Gasteiger charge is -2.34. The maximum absolute atomic E-state index is 8.96. The number of pyridine rings is 1. The van der Waals surface area contributed by atoms with Gasteiger partial charge in [-0.25, -0.2) is 4.98 Å². The molecule has 136 valence electrons. The lowest BCUT2D eigenvalue weighted by molar-refractivity contribution is 0.170. The van der Waals surface area contributed by atoms with Crippen LogP contribution in [0.25, 0.3) is 11.4 Å². The Morgan fingerprint density at radius 1 is 1.15 bits per heavy atom. The number of benzene rings is 1. The summed E-state index contributed by atoms with van der Waals surface area (Å²) < 4.78 is 2.39.